The van der Waals surface area contributed by atoms with Gasteiger partial charge in [-0.15, -0.1) is 6.42 Å². The molecular formula is C14H15N3O2. The van der Waals surface area contributed by atoms with Crippen molar-refractivity contribution in [1.29, 1.82) is 0 Å². The van der Waals surface area contributed by atoms with Crippen LogP contribution < -0.4 is 10.2 Å². The van der Waals surface area contributed by atoms with Crippen LogP contribution in [-0.4, -0.2) is 37.0 Å². The van der Waals surface area contributed by atoms with Crippen molar-refractivity contribution >= 4 is 17.6 Å². The second-order valence-electron chi connectivity index (χ2n) is 4.33. The monoisotopic (exact) mass is 257 g/mol. The van der Waals surface area contributed by atoms with Gasteiger partial charge in [0, 0.05) is 13.6 Å². The lowest BCUT2D eigenvalue weighted by molar-refractivity contribution is -0.119. The van der Waals surface area contributed by atoms with E-state index in [4.69, 9.17) is 6.42 Å². The van der Waals surface area contributed by atoms with Crippen LogP contribution in [0.3, 0.4) is 0 Å². The van der Waals surface area contributed by atoms with Crippen LogP contribution in [-0.2, 0) is 11.3 Å². The van der Waals surface area contributed by atoms with E-state index >= 15 is 0 Å². The molecule has 0 spiro atoms. The number of nitrogens with zero attached hydrogens (tertiary/aromatic N) is 2. The standard InChI is InChI=1S/C14H15N3O2/c1-3-8-15-13(18)10-17-12-7-5-4-6-11(12)9-16(2)14(17)19/h1,4-7H,8-10H2,2H3,(H,15,18). The van der Waals surface area contributed by atoms with Crippen LogP contribution in [0.1, 0.15) is 5.56 Å². The number of para-hydroxylation sites is 1. The summed E-state index contributed by atoms with van der Waals surface area (Å²) >= 11 is 0. The molecule has 0 radical (unpaired) electrons. The van der Waals surface area contributed by atoms with E-state index < -0.39 is 0 Å². The van der Waals surface area contributed by atoms with Crippen molar-refractivity contribution in [2.75, 3.05) is 25.0 Å². The lowest BCUT2D eigenvalue weighted by Crippen LogP contribution is -2.49. The van der Waals surface area contributed by atoms with Crippen molar-refractivity contribution in [3.63, 3.8) is 0 Å². The molecule has 0 unspecified atom stereocenters. The Bertz CT molecular complexity index is 548. The first-order valence-electron chi connectivity index (χ1n) is 5.94. The van der Waals surface area contributed by atoms with Gasteiger partial charge in [-0.05, 0) is 11.6 Å². The van der Waals surface area contributed by atoms with Gasteiger partial charge in [-0.25, -0.2) is 4.79 Å². The van der Waals surface area contributed by atoms with Crippen LogP contribution in [0.15, 0.2) is 24.3 Å². The van der Waals surface area contributed by atoms with E-state index in [-0.39, 0.29) is 25.0 Å². The fourth-order valence-corrected chi connectivity index (χ4v) is 2.04. The van der Waals surface area contributed by atoms with Crippen molar-refractivity contribution in [1.82, 2.24) is 10.2 Å². The summed E-state index contributed by atoms with van der Waals surface area (Å²) in [6.07, 6.45) is 5.08. The fourth-order valence-electron chi connectivity index (χ4n) is 2.04. The smallest absolute Gasteiger partial charge is 0.325 e. The first kappa shape index (κ1) is 13.0. The molecule has 5 nitrogen and oxygen atoms in total. The highest BCUT2D eigenvalue weighted by molar-refractivity contribution is 5.99. The van der Waals surface area contributed by atoms with Gasteiger partial charge in [-0.3, -0.25) is 9.69 Å². The number of benzene rings is 1. The van der Waals surface area contributed by atoms with Crippen molar-refractivity contribution in [3.8, 4) is 12.3 Å². The molecule has 0 fully saturated rings. The van der Waals surface area contributed by atoms with Gasteiger partial charge in [0.15, 0.2) is 0 Å². The summed E-state index contributed by atoms with van der Waals surface area (Å²) in [4.78, 5) is 26.9. The summed E-state index contributed by atoms with van der Waals surface area (Å²) < 4.78 is 0. The van der Waals surface area contributed by atoms with Gasteiger partial charge in [-0.1, -0.05) is 24.1 Å². The highest BCUT2D eigenvalue weighted by Crippen LogP contribution is 2.27. The van der Waals surface area contributed by atoms with Gasteiger partial charge in [0.2, 0.25) is 5.91 Å². The van der Waals surface area contributed by atoms with Gasteiger partial charge in [0.25, 0.3) is 0 Å². The Labute approximate surface area is 112 Å². The molecule has 0 saturated carbocycles. The number of urea groups is 1. The lowest BCUT2D eigenvalue weighted by atomic mass is 10.1. The molecule has 0 atom stereocenters. The molecular weight excluding hydrogens is 242 g/mol. The maximum absolute atomic E-state index is 12.1. The quantitative estimate of drug-likeness (QED) is 0.815. The van der Waals surface area contributed by atoms with Gasteiger partial charge >= 0.3 is 6.03 Å². The van der Waals surface area contributed by atoms with E-state index in [1.54, 1.807) is 11.9 Å². The van der Waals surface area contributed by atoms with Gasteiger partial charge in [0.1, 0.15) is 6.54 Å². The second kappa shape index (κ2) is 5.44. The number of amides is 3. The average Bonchev–Trinajstić information content (AvgIpc) is 2.41. The number of anilines is 1. The highest BCUT2D eigenvalue weighted by Gasteiger charge is 2.28. The van der Waals surface area contributed by atoms with Crippen LogP contribution in [0.5, 0.6) is 0 Å². The number of hydrogen-bond donors (Lipinski definition) is 1. The minimum atomic E-state index is -0.267. The van der Waals surface area contributed by atoms with E-state index in [2.05, 4.69) is 11.2 Å². The Balaban J connectivity index is 2.21. The maximum Gasteiger partial charge on any atom is 0.325 e. The molecule has 1 aliphatic rings. The third-order valence-electron chi connectivity index (χ3n) is 2.94. The molecule has 1 aromatic rings. The molecule has 1 aliphatic heterocycles. The van der Waals surface area contributed by atoms with E-state index in [0.29, 0.717) is 6.54 Å². The summed E-state index contributed by atoms with van der Waals surface area (Å²) in [6.45, 7) is 0.692. The molecule has 0 saturated heterocycles. The molecule has 5 heteroatoms. The normalized spacial score (nSPS) is 13.8. The van der Waals surface area contributed by atoms with Gasteiger partial charge in [-0.2, -0.15) is 0 Å². The molecule has 19 heavy (non-hydrogen) atoms. The van der Waals surface area contributed by atoms with E-state index in [1.807, 2.05) is 24.3 Å². The Kier molecular flexibility index (Phi) is 3.71. The zero-order valence-corrected chi connectivity index (χ0v) is 10.7. The molecule has 98 valence electrons. The highest BCUT2D eigenvalue weighted by atomic mass is 16.2. The average molecular weight is 257 g/mol. The zero-order chi connectivity index (χ0) is 13.8. The molecule has 0 aromatic heterocycles. The summed E-state index contributed by atoms with van der Waals surface area (Å²) in [6, 6.07) is 7.37. The Hall–Kier alpha value is -2.48. The van der Waals surface area contributed by atoms with Crippen molar-refractivity contribution < 1.29 is 9.59 Å². The predicted octanol–water partition coefficient (Wildman–Crippen LogP) is 0.808. The van der Waals surface area contributed by atoms with Crippen molar-refractivity contribution in [2.24, 2.45) is 0 Å². The van der Waals surface area contributed by atoms with Crippen LogP contribution in [0, 0.1) is 12.3 Å². The van der Waals surface area contributed by atoms with Crippen LogP contribution >= 0.6 is 0 Å². The van der Waals surface area contributed by atoms with E-state index in [0.717, 1.165) is 11.3 Å². The minimum Gasteiger partial charge on any atom is -0.344 e. The Morgan fingerprint density at radius 3 is 2.95 bits per heavy atom. The van der Waals surface area contributed by atoms with Gasteiger partial charge < -0.3 is 10.2 Å². The summed E-state index contributed by atoms with van der Waals surface area (Å²) in [5.74, 6) is 2.06. The molecule has 1 aromatic carbocycles. The van der Waals surface area contributed by atoms with Crippen molar-refractivity contribution in [2.45, 2.75) is 6.54 Å². The molecule has 0 aliphatic carbocycles. The number of hydrogen-bond acceptors (Lipinski definition) is 2. The predicted molar refractivity (Wildman–Crippen MR) is 72.5 cm³/mol. The van der Waals surface area contributed by atoms with Crippen LogP contribution in [0.4, 0.5) is 10.5 Å². The molecule has 0 bridgehead atoms. The largest absolute Gasteiger partial charge is 0.344 e. The topological polar surface area (TPSA) is 52.7 Å². The van der Waals surface area contributed by atoms with Crippen molar-refractivity contribution in [3.05, 3.63) is 29.8 Å². The van der Waals surface area contributed by atoms with Crippen LogP contribution in [0.25, 0.3) is 0 Å². The summed E-state index contributed by atoms with van der Waals surface area (Å²) in [7, 11) is 1.71. The first-order chi connectivity index (χ1) is 9.13. The second-order valence-corrected chi connectivity index (χ2v) is 4.33. The van der Waals surface area contributed by atoms with E-state index in [1.165, 1.54) is 4.90 Å². The summed E-state index contributed by atoms with van der Waals surface area (Å²) in [5, 5.41) is 2.56. The minimum absolute atomic E-state index is 0.0259. The van der Waals surface area contributed by atoms with Gasteiger partial charge in [0.05, 0.1) is 12.2 Å². The number of carbonyl (C=O) groups excluding carboxylic acids is 2. The number of rotatable bonds is 3. The fraction of sp³-hybridized carbons (Fsp3) is 0.286. The van der Waals surface area contributed by atoms with Crippen LogP contribution in [0.2, 0.25) is 0 Å². The molecule has 1 N–H and O–H groups in total. The number of terminal acetylenes is 1. The SMILES string of the molecule is C#CCNC(=O)CN1C(=O)N(C)Cc2ccccc21. The summed E-state index contributed by atoms with van der Waals surface area (Å²) in [5.41, 5.74) is 1.80. The molecule has 2 rings (SSSR count). The number of nitrogens with one attached hydrogen (secondary N) is 1. The Morgan fingerprint density at radius 2 is 2.21 bits per heavy atom. The number of fused-ring (bicyclic) bond motifs is 1. The number of carbonyl (C=O) groups is 2. The zero-order valence-electron chi connectivity index (χ0n) is 10.7. The van der Waals surface area contributed by atoms with E-state index in [9.17, 15) is 9.59 Å². The maximum atomic E-state index is 12.1. The Morgan fingerprint density at radius 1 is 1.47 bits per heavy atom. The molecule has 3 amide bonds. The third-order valence-corrected chi connectivity index (χ3v) is 2.94. The lowest BCUT2D eigenvalue weighted by Gasteiger charge is -2.34. The first-order valence-corrected chi connectivity index (χ1v) is 5.94. The third kappa shape index (κ3) is 2.68. The molecule has 1 heterocycles.